The lowest BCUT2D eigenvalue weighted by Gasteiger charge is -2.42. The van der Waals surface area contributed by atoms with Crippen molar-refractivity contribution >= 4 is 0 Å². The van der Waals surface area contributed by atoms with Crippen LogP contribution in [0, 0.1) is 0 Å². The minimum absolute atomic E-state index is 0. The third kappa shape index (κ3) is 15.3. The monoisotopic (exact) mass is 448 g/mol. The predicted molar refractivity (Wildman–Crippen MR) is 146 cm³/mol. The Morgan fingerprint density at radius 2 is 0.677 bits per heavy atom. The molecule has 0 spiro atoms. The Bertz CT molecular complexity index is 388. The van der Waals surface area contributed by atoms with Crippen molar-refractivity contribution in [2.24, 2.45) is 0 Å². The average molecular weight is 448 g/mol. The third-order valence-corrected chi connectivity index (χ3v) is 5.82. The van der Waals surface area contributed by atoms with Crippen molar-refractivity contribution in [1.82, 2.24) is 14.7 Å². The molecule has 31 heavy (non-hydrogen) atoms. The zero-order valence-corrected chi connectivity index (χ0v) is 20.0. The maximum absolute atomic E-state index is 5.25. The molecule has 3 fully saturated rings. The van der Waals surface area contributed by atoms with E-state index in [0.29, 0.717) is 16.6 Å². The van der Waals surface area contributed by atoms with Gasteiger partial charge in [0.25, 0.3) is 0 Å². The maximum Gasteiger partial charge on any atom is 0.0594 e. The first-order valence-electron chi connectivity index (χ1n) is 11.1. The van der Waals surface area contributed by atoms with E-state index >= 15 is 0 Å². The highest BCUT2D eigenvalue weighted by atomic mass is 16.5. The Kier molecular flexibility index (Phi) is 20.2. The number of morpholine rings is 1. The van der Waals surface area contributed by atoms with E-state index < -0.39 is 0 Å². The Morgan fingerprint density at radius 3 is 0.839 bits per heavy atom. The Hall–Kier alpha value is -0.160. The van der Waals surface area contributed by atoms with Crippen LogP contribution in [-0.2, 0) is 4.74 Å². The van der Waals surface area contributed by atoms with E-state index in [4.69, 9.17) is 4.74 Å². The summed E-state index contributed by atoms with van der Waals surface area (Å²) in [4.78, 5) is 7.50. The van der Waals surface area contributed by atoms with Gasteiger partial charge in [-0.15, -0.1) is 0 Å². The van der Waals surface area contributed by atoms with Crippen LogP contribution in [0.15, 0.2) is 0 Å². The number of likely N-dealkylation sites (tertiary alicyclic amines) is 2. The van der Waals surface area contributed by atoms with Gasteiger partial charge in [-0.2, -0.15) is 0 Å². The van der Waals surface area contributed by atoms with E-state index in [2.05, 4.69) is 77.0 Å². The van der Waals surface area contributed by atoms with E-state index in [1.807, 2.05) is 0 Å². The molecule has 0 bridgehead atoms. The summed E-state index contributed by atoms with van der Waals surface area (Å²) in [5, 5.41) is 0. The minimum Gasteiger partial charge on any atom is -0.379 e. The first-order chi connectivity index (χ1) is 12.3. The molecule has 0 aromatic heterocycles. The fourth-order valence-corrected chi connectivity index (χ4v) is 3.61. The first-order valence-corrected chi connectivity index (χ1v) is 11.1. The van der Waals surface area contributed by atoms with Gasteiger partial charge in [-0.25, -0.2) is 0 Å². The minimum atomic E-state index is 0. The van der Waals surface area contributed by atoms with E-state index in [0.717, 1.165) is 26.3 Å². The van der Waals surface area contributed by atoms with E-state index in [-0.39, 0.29) is 29.7 Å². The molecule has 0 amide bonds. The van der Waals surface area contributed by atoms with Crippen molar-refractivity contribution < 1.29 is 4.74 Å². The van der Waals surface area contributed by atoms with Crippen LogP contribution in [0.25, 0.3) is 0 Å². The van der Waals surface area contributed by atoms with Crippen LogP contribution in [0.5, 0.6) is 0 Å². The van der Waals surface area contributed by atoms with Gasteiger partial charge in [0.15, 0.2) is 0 Å². The van der Waals surface area contributed by atoms with Crippen molar-refractivity contribution in [3.63, 3.8) is 0 Å². The third-order valence-electron chi connectivity index (χ3n) is 5.82. The SMILES string of the molecule is C.C.C.C.CC(C)(C)N1CCC1.CC(C)(C)N1CCCC1.CC(C)(C)N1CCOCC1. The Morgan fingerprint density at radius 1 is 0.419 bits per heavy atom. The molecule has 4 nitrogen and oxygen atoms in total. The summed E-state index contributed by atoms with van der Waals surface area (Å²) in [5.41, 5.74) is 1.17. The van der Waals surface area contributed by atoms with Crippen LogP contribution in [0.3, 0.4) is 0 Å². The fraction of sp³-hybridized carbons (Fsp3) is 1.00. The predicted octanol–water partition coefficient (Wildman–Crippen LogP) is 7.03. The maximum atomic E-state index is 5.25. The number of rotatable bonds is 0. The molecule has 0 aromatic rings. The number of nitrogens with zero attached hydrogens (tertiary/aromatic N) is 3. The summed E-state index contributed by atoms with van der Waals surface area (Å²) in [6.45, 7) is 29.6. The molecule has 0 aliphatic carbocycles. The molecule has 0 radical (unpaired) electrons. The van der Waals surface area contributed by atoms with Crippen LogP contribution < -0.4 is 0 Å². The molecule has 194 valence electrons. The van der Waals surface area contributed by atoms with Gasteiger partial charge < -0.3 is 4.74 Å². The molecule has 0 aromatic carbocycles. The molecule has 0 saturated carbocycles. The van der Waals surface area contributed by atoms with Crippen LogP contribution in [-0.4, -0.2) is 83.8 Å². The second kappa shape index (κ2) is 16.5. The van der Waals surface area contributed by atoms with Gasteiger partial charge in [0.2, 0.25) is 0 Å². The average Bonchev–Trinajstić information content (AvgIpc) is 2.99. The smallest absolute Gasteiger partial charge is 0.0594 e. The van der Waals surface area contributed by atoms with E-state index in [1.54, 1.807) is 0 Å². The van der Waals surface area contributed by atoms with Crippen molar-refractivity contribution in [2.75, 3.05) is 52.5 Å². The fourth-order valence-electron chi connectivity index (χ4n) is 3.61. The Labute approximate surface area is 200 Å². The molecule has 3 aliphatic heterocycles. The summed E-state index contributed by atoms with van der Waals surface area (Å²) in [7, 11) is 0. The van der Waals surface area contributed by atoms with Gasteiger partial charge in [-0.1, -0.05) is 29.7 Å². The molecule has 3 heterocycles. The highest BCUT2D eigenvalue weighted by molar-refractivity contribution is 4.82. The Balaban J connectivity index is -0.000000166. The zero-order valence-electron chi connectivity index (χ0n) is 20.0. The highest BCUT2D eigenvalue weighted by Crippen LogP contribution is 2.20. The molecular formula is C27H65N3O. The quantitative estimate of drug-likeness (QED) is 0.396. The molecule has 0 atom stereocenters. The van der Waals surface area contributed by atoms with Crippen LogP contribution in [0.2, 0.25) is 0 Å². The van der Waals surface area contributed by atoms with Crippen molar-refractivity contribution in [3.05, 3.63) is 0 Å². The normalized spacial score (nSPS) is 20.0. The number of hydrogen-bond donors (Lipinski definition) is 0. The molecule has 3 saturated heterocycles. The van der Waals surface area contributed by atoms with Crippen LogP contribution in [0.1, 0.15) is 111 Å². The summed E-state index contributed by atoms with van der Waals surface area (Å²) in [6, 6.07) is 0. The second-order valence-electron chi connectivity index (χ2n) is 11.1. The summed E-state index contributed by atoms with van der Waals surface area (Å²) in [5.74, 6) is 0. The van der Waals surface area contributed by atoms with Crippen molar-refractivity contribution in [1.29, 1.82) is 0 Å². The van der Waals surface area contributed by atoms with Crippen molar-refractivity contribution in [3.8, 4) is 0 Å². The lowest BCUT2D eigenvalue weighted by Crippen LogP contribution is -2.49. The molecule has 3 rings (SSSR count). The summed E-state index contributed by atoms with van der Waals surface area (Å²) >= 11 is 0. The van der Waals surface area contributed by atoms with Gasteiger partial charge >= 0.3 is 0 Å². The molecule has 0 N–H and O–H groups in total. The van der Waals surface area contributed by atoms with Crippen LogP contribution in [0.4, 0.5) is 0 Å². The number of ether oxygens (including phenoxy) is 1. The van der Waals surface area contributed by atoms with Gasteiger partial charge in [0.1, 0.15) is 0 Å². The van der Waals surface area contributed by atoms with E-state index in [9.17, 15) is 0 Å². The molecular weight excluding hydrogens is 382 g/mol. The standard InChI is InChI=1S/C8H17NO.C8H17N.C7H15N.4CH4/c1-8(2,3)9-4-6-10-7-5-9;1-8(2,3)9-6-4-5-7-9;1-7(2,3)8-5-4-6-8;;;;/h4-7H2,1-3H3;4-7H2,1-3H3;4-6H2,1-3H3;4*1H4. The first kappa shape index (κ1) is 38.1. The van der Waals surface area contributed by atoms with Crippen molar-refractivity contribution in [2.45, 2.75) is 128 Å². The molecule has 0 unspecified atom stereocenters. The lowest BCUT2D eigenvalue weighted by molar-refractivity contribution is -0.00389. The zero-order chi connectivity index (χ0) is 20.7. The molecule has 3 aliphatic rings. The van der Waals surface area contributed by atoms with Gasteiger partial charge in [0.05, 0.1) is 13.2 Å². The summed E-state index contributed by atoms with van der Waals surface area (Å²) < 4.78 is 5.25. The molecule has 4 heteroatoms. The second-order valence-corrected chi connectivity index (χ2v) is 11.1. The van der Waals surface area contributed by atoms with Crippen LogP contribution >= 0.6 is 0 Å². The topological polar surface area (TPSA) is 19.0 Å². The van der Waals surface area contributed by atoms with E-state index in [1.165, 1.54) is 45.4 Å². The largest absolute Gasteiger partial charge is 0.379 e. The van der Waals surface area contributed by atoms with Gasteiger partial charge in [-0.3, -0.25) is 14.7 Å². The highest BCUT2D eigenvalue weighted by Gasteiger charge is 2.26. The van der Waals surface area contributed by atoms with Gasteiger partial charge in [0, 0.05) is 29.7 Å². The number of hydrogen-bond acceptors (Lipinski definition) is 4. The van der Waals surface area contributed by atoms with Gasteiger partial charge in [-0.05, 0) is 108 Å². The summed E-state index contributed by atoms with van der Waals surface area (Å²) in [6.07, 6.45) is 4.20. The lowest BCUT2D eigenvalue weighted by atomic mass is 10.0.